The van der Waals surface area contributed by atoms with Gasteiger partial charge in [0, 0.05) is 54.6 Å². The minimum atomic E-state index is -0.405. The van der Waals surface area contributed by atoms with Gasteiger partial charge < -0.3 is 21.3 Å². The van der Waals surface area contributed by atoms with Gasteiger partial charge in [-0.05, 0) is 82.9 Å². The number of aromatic nitrogens is 1. The molecule has 4 N–H and O–H groups in total. The monoisotopic (exact) mass is 555 g/mol. The number of aryl methyl sites for hydroxylation is 2. The van der Waals surface area contributed by atoms with Crippen LogP contribution in [-0.2, 0) is 12.8 Å². The highest BCUT2D eigenvalue weighted by Crippen LogP contribution is 2.27. The third-order valence-corrected chi connectivity index (χ3v) is 8.05. The summed E-state index contributed by atoms with van der Waals surface area (Å²) in [6, 6.07) is 32.1. The number of amides is 2. The molecule has 1 aromatic heterocycles. The van der Waals surface area contributed by atoms with Crippen LogP contribution in [0.2, 0.25) is 0 Å². The van der Waals surface area contributed by atoms with Crippen LogP contribution in [0.3, 0.4) is 0 Å². The standard InChI is InChI=1S/C35H33N5O2/c36-33-32-23-31(15-14-28(32)16-17-38-33)39-18-20-40(21-19-39)35(42)29-12-10-27(11-13-29)26-8-6-24(7-9-26)4-5-25-2-1-3-30(22-25)34(37)41/h1-3,6-17,22-23H,4-5,18-21H2,(H2,36,38)(H2,37,41). The van der Waals surface area contributed by atoms with E-state index in [0.29, 0.717) is 30.0 Å². The molecule has 0 atom stereocenters. The molecule has 2 amide bonds. The number of nitrogen functional groups attached to an aromatic ring is 1. The number of carbonyl (C=O) groups excluding carboxylic acids is 2. The molecule has 0 saturated carbocycles. The topological polar surface area (TPSA) is 106 Å². The van der Waals surface area contributed by atoms with Crippen molar-refractivity contribution in [2.75, 3.05) is 36.8 Å². The fraction of sp³-hybridized carbons (Fsp3) is 0.171. The van der Waals surface area contributed by atoms with Crippen molar-refractivity contribution in [3.8, 4) is 11.1 Å². The summed E-state index contributed by atoms with van der Waals surface area (Å²) in [6.07, 6.45) is 3.43. The second-order valence-electron chi connectivity index (χ2n) is 10.7. The molecule has 7 nitrogen and oxygen atoms in total. The second kappa shape index (κ2) is 11.7. The first-order valence-corrected chi connectivity index (χ1v) is 14.2. The van der Waals surface area contributed by atoms with Crippen LogP contribution in [0.15, 0.2) is 103 Å². The Hall–Kier alpha value is -5.17. The summed E-state index contributed by atoms with van der Waals surface area (Å²) in [5, 5.41) is 2.03. The number of fused-ring (bicyclic) bond motifs is 1. The zero-order chi connectivity index (χ0) is 29.1. The van der Waals surface area contributed by atoms with E-state index >= 15 is 0 Å². The van der Waals surface area contributed by atoms with Crippen LogP contribution in [0.4, 0.5) is 11.5 Å². The average molecular weight is 556 g/mol. The van der Waals surface area contributed by atoms with Gasteiger partial charge in [-0.25, -0.2) is 4.98 Å². The number of rotatable bonds is 7. The maximum Gasteiger partial charge on any atom is 0.253 e. The summed E-state index contributed by atoms with van der Waals surface area (Å²) >= 11 is 0. The Morgan fingerprint density at radius 1 is 0.714 bits per heavy atom. The zero-order valence-corrected chi connectivity index (χ0v) is 23.4. The molecule has 5 aromatic rings. The quantitative estimate of drug-likeness (QED) is 0.282. The van der Waals surface area contributed by atoms with E-state index in [-0.39, 0.29) is 5.91 Å². The number of hydrogen-bond donors (Lipinski definition) is 2. The number of nitrogens with two attached hydrogens (primary N) is 2. The maximum atomic E-state index is 13.3. The van der Waals surface area contributed by atoms with Crippen molar-refractivity contribution in [2.24, 2.45) is 5.73 Å². The molecule has 7 heteroatoms. The van der Waals surface area contributed by atoms with Gasteiger partial charge in [0.15, 0.2) is 0 Å². The Kier molecular flexibility index (Phi) is 7.56. The summed E-state index contributed by atoms with van der Waals surface area (Å²) in [5.74, 6) is 0.189. The molecule has 6 rings (SSSR count). The van der Waals surface area contributed by atoms with Gasteiger partial charge in [0.05, 0.1) is 0 Å². The van der Waals surface area contributed by atoms with Crippen LogP contribution in [0.25, 0.3) is 21.9 Å². The van der Waals surface area contributed by atoms with Crippen molar-refractivity contribution in [1.82, 2.24) is 9.88 Å². The van der Waals surface area contributed by atoms with Crippen molar-refractivity contribution in [1.29, 1.82) is 0 Å². The lowest BCUT2D eigenvalue weighted by Crippen LogP contribution is -2.48. The normalized spacial score (nSPS) is 13.3. The third-order valence-electron chi connectivity index (χ3n) is 8.05. The van der Waals surface area contributed by atoms with Crippen LogP contribution in [-0.4, -0.2) is 47.9 Å². The van der Waals surface area contributed by atoms with Crippen molar-refractivity contribution in [3.05, 3.63) is 126 Å². The van der Waals surface area contributed by atoms with Gasteiger partial charge in [0.25, 0.3) is 5.91 Å². The molecule has 0 aliphatic carbocycles. The molecule has 1 fully saturated rings. The molecule has 0 unspecified atom stereocenters. The molecule has 4 aromatic carbocycles. The van der Waals surface area contributed by atoms with Gasteiger partial charge in [-0.1, -0.05) is 54.6 Å². The molecular formula is C35H33N5O2. The number of pyridine rings is 1. The molecule has 2 heterocycles. The van der Waals surface area contributed by atoms with E-state index in [1.54, 1.807) is 12.3 Å². The Balaban J connectivity index is 1.04. The Morgan fingerprint density at radius 2 is 1.40 bits per heavy atom. The highest BCUT2D eigenvalue weighted by Gasteiger charge is 2.22. The Bertz CT molecular complexity index is 1740. The van der Waals surface area contributed by atoms with Crippen molar-refractivity contribution >= 4 is 34.1 Å². The highest BCUT2D eigenvalue weighted by molar-refractivity contribution is 5.95. The molecule has 42 heavy (non-hydrogen) atoms. The lowest BCUT2D eigenvalue weighted by atomic mass is 9.99. The van der Waals surface area contributed by atoms with Gasteiger partial charge in [-0.3, -0.25) is 9.59 Å². The van der Waals surface area contributed by atoms with Gasteiger partial charge in [-0.2, -0.15) is 0 Å². The minimum Gasteiger partial charge on any atom is -0.383 e. The largest absolute Gasteiger partial charge is 0.383 e. The first-order valence-electron chi connectivity index (χ1n) is 14.2. The lowest BCUT2D eigenvalue weighted by molar-refractivity contribution is 0.0746. The maximum absolute atomic E-state index is 13.3. The smallest absolute Gasteiger partial charge is 0.253 e. The fourth-order valence-electron chi connectivity index (χ4n) is 5.56. The third kappa shape index (κ3) is 5.81. The zero-order valence-electron chi connectivity index (χ0n) is 23.4. The molecule has 0 spiro atoms. The van der Waals surface area contributed by atoms with Crippen LogP contribution in [0, 0.1) is 0 Å². The molecule has 1 aliphatic heterocycles. The van der Waals surface area contributed by atoms with E-state index in [2.05, 4.69) is 52.3 Å². The van der Waals surface area contributed by atoms with Gasteiger partial charge in [0.1, 0.15) is 5.82 Å². The SMILES string of the molecule is NC(=O)c1cccc(CCc2ccc(-c3ccc(C(=O)N4CCN(c5ccc6ccnc(N)c6c5)CC4)cc3)cc2)c1. The van der Waals surface area contributed by atoms with Crippen molar-refractivity contribution in [2.45, 2.75) is 12.8 Å². The van der Waals surface area contributed by atoms with Gasteiger partial charge in [-0.15, -0.1) is 0 Å². The van der Waals surface area contributed by atoms with Crippen LogP contribution < -0.4 is 16.4 Å². The predicted molar refractivity (Wildman–Crippen MR) is 169 cm³/mol. The second-order valence-corrected chi connectivity index (χ2v) is 10.7. The number of primary amides is 1. The first kappa shape index (κ1) is 27.0. The summed E-state index contributed by atoms with van der Waals surface area (Å²) in [5.41, 5.74) is 18.3. The Morgan fingerprint density at radius 3 is 2.12 bits per heavy atom. The molecular weight excluding hydrogens is 522 g/mol. The number of carbonyl (C=O) groups is 2. The number of hydrogen-bond acceptors (Lipinski definition) is 5. The van der Waals surface area contributed by atoms with Crippen LogP contribution in [0.5, 0.6) is 0 Å². The van der Waals surface area contributed by atoms with E-state index in [1.807, 2.05) is 53.4 Å². The Labute approximate surface area is 245 Å². The summed E-state index contributed by atoms with van der Waals surface area (Å²) in [6.45, 7) is 2.85. The van der Waals surface area contributed by atoms with Crippen molar-refractivity contribution < 1.29 is 9.59 Å². The van der Waals surface area contributed by atoms with E-state index in [4.69, 9.17) is 11.5 Å². The van der Waals surface area contributed by atoms with E-state index in [0.717, 1.165) is 59.1 Å². The van der Waals surface area contributed by atoms with Gasteiger partial charge >= 0.3 is 0 Å². The minimum absolute atomic E-state index is 0.0592. The van der Waals surface area contributed by atoms with Crippen molar-refractivity contribution in [3.63, 3.8) is 0 Å². The van der Waals surface area contributed by atoms with Crippen LogP contribution >= 0.6 is 0 Å². The summed E-state index contributed by atoms with van der Waals surface area (Å²) < 4.78 is 0. The molecule has 1 saturated heterocycles. The number of anilines is 2. The summed E-state index contributed by atoms with van der Waals surface area (Å²) in [4.78, 5) is 33.1. The number of piperazine rings is 1. The van der Waals surface area contributed by atoms with Crippen LogP contribution in [0.1, 0.15) is 31.8 Å². The van der Waals surface area contributed by atoms with E-state index < -0.39 is 5.91 Å². The fourth-order valence-corrected chi connectivity index (χ4v) is 5.56. The van der Waals surface area contributed by atoms with E-state index in [1.165, 1.54) is 5.56 Å². The van der Waals surface area contributed by atoms with E-state index in [9.17, 15) is 9.59 Å². The number of nitrogens with zero attached hydrogens (tertiary/aromatic N) is 3. The lowest BCUT2D eigenvalue weighted by Gasteiger charge is -2.36. The molecule has 0 bridgehead atoms. The number of benzene rings is 4. The highest BCUT2D eigenvalue weighted by atomic mass is 16.2. The predicted octanol–water partition coefficient (Wildman–Crippen LogP) is 5.33. The molecule has 210 valence electrons. The molecule has 1 aliphatic rings. The molecule has 0 radical (unpaired) electrons. The van der Waals surface area contributed by atoms with Gasteiger partial charge in [0.2, 0.25) is 5.91 Å². The average Bonchev–Trinajstić information content (AvgIpc) is 3.04. The summed E-state index contributed by atoms with van der Waals surface area (Å²) in [7, 11) is 0. The first-order chi connectivity index (χ1) is 20.4.